The summed E-state index contributed by atoms with van der Waals surface area (Å²) in [6, 6.07) is 25.4. The lowest BCUT2D eigenvalue weighted by atomic mass is 10.1. The van der Waals surface area contributed by atoms with Crippen molar-refractivity contribution < 1.29 is 36.3 Å². The molecule has 47 heavy (non-hydrogen) atoms. The summed E-state index contributed by atoms with van der Waals surface area (Å²) in [5.74, 6) is -1.85. The molecule has 14 heteroatoms. The maximum atomic E-state index is 13.5. The highest BCUT2D eigenvalue weighted by atomic mass is 32.2. The van der Waals surface area contributed by atoms with Crippen molar-refractivity contribution in [3.05, 3.63) is 126 Å². The van der Waals surface area contributed by atoms with Crippen LogP contribution in [-0.2, 0) is 27.4 Å². The number of aromatic nitrogens is 2. The molecular formula is C33H26F3N5O5S. The number of nitrogens with one attached hydrogen (secondary N) is 1. The van der Waals surface area contributed by atoms with Crippen LogP contribution in [0.3, 0.4) is 0 Å². The number of hydrogen-bond donors (Lipinski definition) is 2. The van der Waals surface area contributed by atoms with Crippen LogP contribution in [0.5, 0.6) is 0 Å². The first-order chi connectivity index (χ1) is 22.3. The number of aryl methyl sites for hydroxylation is 2. The second-order valence-corrected chi connectivity index (χ2v) is 12.1. The Morgan fingerprint density at radius 2 is 1.55 bits per heavy atom. The van der Waals surface area contributed by atoms with Crippen LogP contribution in [0.1, 0.15) is 33.6 Å². The van der Waals surface area contributed by atoms with Crippen LogP contribution in [0.2, 0.25) is 0 Å². The van der Waals surface area contributed by atoms with E-state index in [-0.39, 0.29) is 34.7 Å². The molecule has 0 atom stereocenters. The molecule has 1 aromatic heterocycles. The van der Waals surface area contributed by atoms with Gasteiger partial charge in [0.15, 0.2) is 5.69 Å². The molecule has 10 nitrogen and oxygen atoms in total. The van der Waals surface area contributed by atoms with E-state index in [2.05, 4.69) is 15.3 Å². The van der Waals surface area contributed by atoms with E-state index in [0.717, 1.165) is 16.3 Å². The van der Waals surface area contributed by atoms with Crippen molar-refractivity contribution in [3.8, 4) is 16.9 Å². The van der Waals surface area contributed by atoms with Crippen molar-refractivity contribution in [2.75, 3.05) is 0 Å². The van der Waals surface area contributed by atoms with Crippen molar-refractivity contribution in [1.29, 1.82) is 0 Å². The molecule has 0 fully saturated rings. The fraction of sp³-hybridized carbons (Fsp3) is 0.121. The van der Waals surface area contributed by atoms with Crippen molar-refractivity contribution in [3.63, 3.8) is 0 Å². The van der Waals surface area contributed by atoms with E-state index in [0.29, 0.717) is 22.5 Å². The first kappa shape index (κ1) is 32.8. The summed E-state index contributed by atoms with van der Waals surface area (Å²) in [5, 5.41) is 21.0. The van der Waals surface area contributed by atoms with E-state index in [1.165, 1.54) is 48.5 Å². The fourth-order valence-corrected chi connectivity index (χ4v) is 5.54. The number of nitrogens with zero attached hydrogens (tertiary/aromatic N) is 4. The monoisotopic (exact) mass is 661 g/mol. The number of halogens is 3. The number of rotatable bonds is 10. The summed E-state index contributed by atoms with van der Waals surface area (Å²) in [4.78, 5) is 23.4. The van der Waals surface area contributed by atoms with Crippen LogP contribution in [0, 0.1) is 6.92 Å². The molecule has 0 aliphatic heterocycles. The number of hydrogen-bond acceptors (Lipinski definition) is 7. The van der Waals surface area contributed by atoms with Crippen LogP contribution in [0.4, 0.5) is 24.5 Å². The number of alkyl halides is 3. The summed E-state index contributed by atoms with van der Waals surface area (Å²) in [6.45, 7) is 1.85. The smallest absolute Gasteiger partial charge is 0.435 e. The number of azo groups is 1. The molecule has 0 aliphatic carbocycles. The van der Waals surface area contributed by atoms with E-state index in [9.17, 15) is 31.2 Å². The molecule has 5 aromatic rings. The zero-order valence-corrected chi connectivity index (χ0v) is 25.5. The third-order valence-electron chi connectivity index (χ3n) is 6.99. The molecular weight excluding hydrogens is 635 g/mol. The minimum absolute atomic E-state index is 0.103. The zero-order chi connectivity index (χ0) is 33.8. The molecule has 0 unspecified atom stereocenters. The molecule has 4 aromatic carbocycles. The Hall–Kier alpha value is -5.63. The van der Waals surface area contributed by atoms with Crippen molar-refractivity contribution >= 4 is 33.3 Å². The molecule has 1 heterocycles. The highest BCUT2D eigenvalue weighted by molar-refractivity contribution is 7.90. The third kappa shape index (κ3) is 7.97. The van der Waals surface area contributed by atoms with Gasteiger partial charge in [0.05, 0.1) is 33.2 Å². The Balaban J connectivity index is 1.27. The zero-order valence-electron chi connectivity index (χ0n) is 24.6. The number of sulfonamides is 1. The molecule has 0 saturated carbocycles. The van der Waals surface area contributed by atoms with Gasteiger partial charge in [-0.15, -0.1) is 0 Å². The summed E-state index contributed by atoms with van der Waals surface area (Å²) in [6.07, 6.45) is -4.77. The van der Waals surface area contributed by atoms with E-state index in [1.54, 1.807) is 48.5 Å². The number of carboxylic acid groups (broad SMARTS) is 1. The lowest BCUT2D eigenvalue weighted by Gasteiger charge is -2.11. The Morgan fingerprint density at radius 3 is 2.19 bits per heavy atom. The Kier molecular flexibility index (Phi) is 9.33. The number of benzene rings is 4. The van der Waals surface area contributed by atoms with Crippen LogP contribution in [0.25, 0.3) is 16.9 Å². The molecule has 0 radical (unpaired) electrons. The number of carbonyl (C=O) groups excluding carboxylic acids is 1. The van der Waals surface area contributed by atoms with Gasteiger partial charge in [0.2, 0.25) is 5.91 Å². The first-order valence-corrected chi connectivity index (χ1v) is 15.5. The Bertz CT molecular complexity index is 2060. The lowest BCUT2D eigenvalue weighted by Crippen LogP contribution is -2.30. The van der Waals surface area contributed by atoms with Crippen LogP contribution in [-0.4, -0.2) is 35.2 Å². The van der Waals surface area contributed by atoms with Gasteiger partial charge in [0, 0.05) is 12.0 Å². The van der Waals surface area contributed by atoms with Crippen LogP contribution >= 0.6 is 0 Å². The van der Waals surface area contributed by atoms with Crippen molar-refractivity contribution in [2.45, 2.75) is 30.8 Å². The number of amides is 1. The van der Waals surface area contributed by atoms with Gasteiger partial charge in [-0.05, 0) is 79.6 Å². The van der Waals surface area contributed by atoms with Gasteiger partial charge in [-0.25, -0.2) is 22.6 Å². The lowest BCUT2D eigenvalue weighted by molar-refractivity contribution is -0.141. The molecule has 0 saturated heterocycles. The maximum absolute atomic E-state index is 13.5. The van der Waals surface area contributed by atoms with Crippen molar-refractivity contribution in [2.24, 2.45) is 10.2 Å². The molecule has 0 bridgehead atoms. The molecule has 5 rings (SSSR count). The molecule has 0 aliphatic rings. The summed E-state index contributed by atoms with van der Waals surface area (Å²) in [7, 11) is -4.31. The Labute approximate surface area is 267 Å². The van der Waals surface area contributed by atoms with Gasteiger partial charge in [-0.3, -0.25) is 4.79 Å². The average Bonchev–Trinajstić information content (AvgIpc) is 3.50. The van der Waals surface area contributed by atoms with E-state index in [1.807, 2.05) is 11.6 Å². The molecule has 1 amide bonds. The summed E-state index contributed by atoms with van der Waals surface area (Å²) in [5.41, 5.74) is 2.24. The summed E-state index contributed by atoms with van der Waals surface area (Å²) >= 11 is 0. The molecule has 2 N–H and O–H groups in total. The van der Waals surface area contributed by atoms with Gasteiger partial charge in [-0.2, -0.15) is 28.5 Å². The quantitative estimate of drug-likeness (QED) is 0.149. The van der Waals surface area contributed by atoms with E-state index in [4.69, 9.17) is 5.11 Å². The average molecular weight is 662 g/mol. The van der Waals surface area contributed by atoms with Crippen LogP contribution < -0.4 is 4.72 Å². The fourth-order valence-electron chi connectivity index (χ4n) is 4.52. The maximum Gasteiger partial charge on any atom is 0.435 e. The second kappa shape index (κ2) is 13.4. The predicted molar refractivity (Wildman–Crippen MR) is 166 cm³/mol. The largest absolute Gasteiger partial charge is 0.478 e. The normalized spacial score (nSPS) is 11.9. The van der Waals surface area contributed by atoms with Crippen LogP contribution in [0.15, 0.2) is 118 Å². The topological polar surface area (TPSA) is 143 Å². The highest BCUT2D eigenvalue weighted by Gasteiger charge is 2.35. The van der Waals surface area contributed by atoms with Gasteiger partial charge in [0.25, 0.3) is 10.0 Å². The molecule has 240 valence electrons. The Morgan fingerprint density at radius 1 is 0.894 bits per heavy atom. The first-order valence-electron chi connectivity index (χ1n) is 14.0. The minimum atomic E-state index is -4.70. The van der Waals surface area contributed by atoms with Crippen molar-refractivity contribution in [1.82, 2.24) is 14.5 Å². The van der Waals surface area contributed by atoms with Gasteiger partial charge < -0.3 is 5.11 Å². The number of carbonyl (C=O) groups is 2. The predicted octanol–water partition coefficient (Wildman–Crippen LogP) is 7.42. The van der Waals surface area contributed by atoms with E-state index < -0.39 is 33.8 Å². The van der Waals surface area contributed by atoms with Gasteiger partial charge >= 0.3 is 12.1 Å². The standard InChI is InChI=1S/C33H26F3N5O5S/c1-21-6-8-23(9-7-21)29-20-30(33(34,35)36)39-41(29)26-15-17-27(18-16-26)47(45,46)40-31(42)19-12-22-4-2-3-5-28(22)38-37-25-13-10-24(11-14-25)32(43)44/h2-11,13-18,20H,12,19H2,1H3,(H,40,42)(H,43,44)/b38-37+. The van der Waals surface area contributed by atoms with Gasteiger partial charge in [-0.1, -0.05) is 48.0 Å². The third-order valence-corrected chi connectivity index (χ3v) is 8.38. The van der Waals surface area contributed by atoms with E-state index >= 15 is 0 Å². The minimum Gasteiger partial charge on any atom is -0.478 e. The highest BCUT2D eigenvalue weighted by Crippen LogP contribution is 2.33. The SMILES string of the molecule is Cc1ccc(-c2cc(C(F)(F)F)nn2-c2ccc(S(=O)(=O)NC(=O)CCc3ccccc3/N=N/c3ccc(C(=O)O)cc3)cc2)cc1. The summed E-state index contributed by atoms with van der Waals surface area (Å²) < 4.78 is 69.7. The number of aromatic carboxylic acids is 1. The second-order valence-electron chi connectivity index (χ2n) is 10.4. The van der Waals surface area contributed by atoms with Gasteiger partial charge in [0.1, 0.15) is 0 Å². The molecule has 0 spiro atoms. The number of carboxylic acids is 1.